The molecule has 1 aromatic heterocycles. The number of nitrogens with zero attached hydrogens (tertiary/aromatic N) is 2. The molecule has 1 N–H and O–H groups in total. The Balaban J connectivity index is 2.16. The van der Waals surface area contributed by atoms with Crippen molar-refractivity contribution < 1.29 is 0 Å². The van der Waals surface area contributed by atoms with Crippen molar-refractivity contribution in [3.8, 4) is 0 Å². The van der Waals surface area contributed by atoms with Crippen molar-refractivity contribution in [2.45, 2.75) is 39.3 Å². The van der Waals surface area contributed by atoms with E-state index in [1.54, 1.807) is 11.3 Å². The lowest BCUT2D eigenvalue weighted by molar-refractivity contribution is 0.0740. The van der Waals surface area contributed by atoms with Crippen LogP contribution in [0.1, 0.15) is 38.2 Å². The highest BCUT2D eigenvalue weighted by molar-refractivity contribution is 7.09. The van der Waals surface area contributed by atoms with Crippen LogP contribution in [-0.2, 0) is 0 Å². The zero-order valence-electron chi connectivity index (χ0n) is 11.0. The molecule has 1 aliphatic rings. The molecule has 0 radical (unpaired) electrons. The van der Waals surface area contributed by atoms with E-state index in [-0.39, 0.29) is 0 Å². The summed E-state index contributed by atoms with van der Waals surface area (Å²) in [5.74, 6) is 0.691. The molecule has 1 fully saturated rings. The summed E-state index contributed by atoms with van der Waals surface area (Å²) in [4.78, 5) is 7.17. The van der Waals surface area contributed by atoms with Gasteiger partial charge in [-0.25, -0.2) is 4.98 Å². The van der Waals surface area contributed by atoms with Gasteiger partial charge in [0, 0.05) is 37.3 Å². The van der Waals surface area contributed by atoms with Gasteiger partial charge >= 0.3 is 0 Å². The minimum absolute atomic E-state index is 0.504. The lowest BCUT2D eigenvalue weighted by atomic mass is 9.98. The maximum atomic E-state index is 4.51. The van der Waals surface area contributed by atoms with E-state index in [4.69, 9.17) is 0 Å². The molecule has 2 unspecified atom stereocenters. The first-order valence-electron chi connectivity index (χ1n) is 6.60. The van der Waals surface area contributed by atoms with Crippen LogP contribution < -0.4 is 5.32 Å². The van der Waals surface area contributed by atoms with Gasteiger partial charge in [-0.05, 0) is 12.3 Å². The molecule has 0 bridgehead atoms. The van der Waals surface area contributed by atoms with E-state index < -0.39 is 0 Å². The Morgan fingerprint density at radius 3 is 3.00 bits per heavy atom. The van der Waals surface area contributed by atoms with E-state index in [1.807, 2.05) is 6.20 Å². The van der Waals surface area contributed by atoms with Gasteiger partial charge in [-0.1, -0.05) is 20.8 Å². The fourth-order valence-electron chi connectivity index (χ4n) is 2.70. The molecule has 1 aromatic rings. The molecule has 2 rings (SSSR count). The Morgan fingerprint density at radius 1 is 1.59 bits per heavy atom. The lowest BCUT2D eigenvalue weighted by Gasteiger charge is -2.42. The summed E-state index contributed by atoms with van der Waals surface area (Å²) < 4.78 is 0. The molecule has 0 aromatic carbocycles. The first-order valence-corrected chi connectivity index (χ1v) is 7.47. The van der Waals surface area contributed by atoms with Gasteiger partial charge in [0.25, 0.3) is 0 Å². The van der Waals surface area contributed by atoms with Crippen LogP contribution in [0.5, 0.6) is 0 Å². The van der Waals surface area contributed by atoms with E-state index in [0.717, 1.165) is 26.1 Å². The summed E-state index contributed by atoms with van der Waals surface area (Å²) in [6.07, 6.45) is 3.08. The molecule has 2 heterocycles. The summed E-state index contributed by atoms with van der Waals surface area (Å²) in [5.41, 5.74) is 0. The first-order chi connectivity index (χ1) is 8.24. The minimum atomic E-state index is 0.504. The lowest BCUT2D eigenvalue weighted by Crippen LogP contribution is -2.54. The maximum Gasteiger partial charge on any atom is 0.110 e. The summed E-state index contributed by atoms with van der Waals surface area (Å²) in [6.45, 7) is 10.3. The van der Waals surface area contributed by atoms with Crippen molar-refractivity contribution >= 4 is 11.3 Å². The molecular formula is C13H23N3S. The zero-order chi connectivity index (χ0) is 12.3. The fourth-order valence-corrected chi connectivity index (χ4v) is 3.54. The van der Waals surface area contributed by atoms with Crippen LogP contribution >= 0.6 is 11.3 Å². The highest BCUT2D eigenvalue weighted by Crippen LogP contribution is 2.30. The molecule has 4 heteroatoms. The highest BCUT2D eigenvalue weighted by atomic mass is 32.1. The number of thiazole rings is 1. The van der Waals surface area contributed by atoms with E-state index in [1.165, 1.54) is 5.01 Å². The van der Waals surface area contributed by atoms with Crippen LogP contribution in [0.15, 0.2) is 11.6 Å². The molecule has 0 amide bonds. The second-order valence-corrected chi connectivity index (χ2v) is 5.97. The number of nitrogens with one attached hydrogen (secondary N) is 1. The molecule has 0 spiro atoms. The third-order valence-corrected chi connectivity index (χ3v) is 4.50. The molecule has 1 aliphatic heterocycles. The Hall–Kier alpha value is -0.450. The topological polar surface area (TPSA) is 28.2 Å². The number of hydrogen-bond donors (Lipinski definition) is 1. The van der Waals surface area contributed by atoms with Gasteiger partial charge in [0.15, 0.2) is 0 Å². The minimum Gasteiger partial charge on any atom is -0.314 e. The smallest absolute Gasteiger partial charge is 0.110 e. The van der Waals surface area contributed by atoms with Crippen molar-refractivity contribution in [2.24, 2.45) is 5.92 Å². The van der Waals surface area contributed by atoms with Crippen LogP contribution in [0.2, 0.25) is 0 Å². The van der Waals surface area contributed by atoms with E-state index in [9.17, 15) is 0 Å². The Morgan fingerprint density at radius 2 is 2.41 bits per heavy atom. The quantitative estimate of drug-likeness (QED) is 0.894. The average Bonchev–Trinajstić information content (AvgIpc) is 2.84. The molecule has 1 saturated heterocycles. The third-order valence-electron chi connectivity index (χ3n) is 3.62. The molecule has 17 heavy (non-hydrogen) atoms. The molecule has 2 atom stereocenters. The third kappa shape index (κ3) is 2.87. The standard InChI is InChI=1S/C13H23N3S/c1-4-11(13-15-6-8-17-13)16-7-5-14-9-12(16)10(2)3/h6,8,10-12,14H,4-5,7,9H2,1-3H3. The van der Waals surface area contributed by atoms with Gasteiger partial charge in [-0.15, -0.1) is 11.3 Å². The van der Waals surface area contributed by atoms with Gasteiger partial charge in [0.1, 0.15) is 5.01 Å². The molecular weight excluding hydrogens is 230 g/mol. The maximum absolute atomic E-state index is 4.51. The normalized spacial score (nSPS) is 24.1. The molecule has 96 valence electrons. The summed E-state index contributed by atoms with van der Waals surface area (Å²) in [7, 11) is 0. The number of rotatable bonds is 4. The molecule has 3 nitrogen and oxygen atoms in total. The van der Waals surface area contributed by atoms with Gasteiger partial charge in [-0.3, -0.25) is 4.90 Å². The number of piperazine rings is 1. The molecule has 0 saturated carbocycles. The summed E-state index contributed by atoms with van der Waals surface area (Å²) in [6, 6.07) is 1.14. The largest absolute Gasteiger partial charge is 0.314 e. The van der Waals surface area contributed by atoms with Gasteiger partial charge < -0.3 is 5.32 Å². The van der Waals surface area contributed by atoms with Gasteiger partial charge in [0.2, 0.25) is 0 Å². The van der Waals surface area contributed by atoms with Gasteiger partial charge in [-0.2, -0.15) is 0 Å². The van der Waals surface area contributed by atoms with E-state index in [0.29, 0.717) is 18.0 Å². The van der Waals surface area contributed by atoms with Gasteiger partial charge in [0.05, 0.1) is 6.04 Å². The van der Waals surface area contributed by atoms with Crippen molar-refractivity contribution in [2.75, 3.05) is 19.6 Å². The van der Waals surface area contributed by atoms with E-state index in [2.05, 4.69) is 41.4 Å². The van der Waals surface area contributed by atoms with E-state index >= 15 is 0 Å². The van der Waals surface area contributed by atoms with Crippen LogP contribution in [0.25, 0.3) is 0 Å². The SMILES string of the molecule is CCC(c1nccs1)N1CCNCC1C(C)C. The second kappa shape index (κ2) is 5.94. The van der Waals surface area contributed by atoms with Crippen LogP contribution in [-0.4, -0.2) is 35.6 Å². The summed E-state index contributed by atoms with van der Waals surface area (Å²) in [5, 5.41) is 6.88. The van der Waals surface area contributed by atoms with Crippen LogP contribution in [0, 0.1) is 5.92 Å². The van der Waals surface area contributed by atoms with Crippen molar-refractivity contribution in [1.82, 2.24) is 15.2 Å². The van der Waals surface area contributed by atoms with Crippen molar-refractivity contribution in [3.63, 3.8) is 0 Å². The predicted octanol–water partition coefficient (Wildman–Crippen LogP) is 2.52. The van der Waals surface area contributed by atoms with Crippen molar-refractivity contribution in [3.05, 3.63) is 16.6 Å². The number of aromatic nitrogens is 1. The Kier molecular flexibility index (Phi) is 4.54. The van der Waals surface area contributed by atoms with Crippen LogP contribution in [0.4, 0.5) is 0 Å². The predicted molar refractivity (Wildman–Crippen MR) is 73.3 cm³/mol. The zero-order valence-corrected chi connectivity index (χ0v) is 11.8. The molecule has 0 aliphatic carbocycles. The highest BCUT2D eigenvalue weighted by Gasteiger charge is 2.31. The van der Waals surface area contributed by atoms with Crippen molar-refractivity contribution in [1.29, 1.82) is 0 Å². The Bertz CT molecular complexity index is 323. The Labute approximate surface area is 108 Å². The van der Waals surface area contributed by atoms with Crippen LogP contribution in [0.3, 0.4) is 0 Å². The summed E-state index contributed by atoms with van der Waals surface area (Å²) >= 11 is 1.79. The average molecular weight is 253 g/mol. The first kappa shape index (κ1) is 13.0. The number of hydrogen-bond acceptors (Lipinski definition) is 4. The fraction of sp³-hybridized carbons (Fsp3) is 0.769. The monoisotopic (exact) mass is 253 g/mol. The second-order valence-electron chi connectivity index (χ2n) is 5.05.